The quantitative estimate of drug-likeness (QED) is 0.925. The Bertz CT molecular complexity index is 639. The van der Waals surface area contributed by atoms with Gasteiger partial charge in [-0.15, -0.1) is 0 Å². The molecule has 0 saturated carbocycles. The fourth-order valence-corrected chi connectivity index (χ4v) is 3.08. The number of rotatable bonds is 3. The average molecular weight is 288 g/mol. The number of fused-ring (bicyclic) bond motifs is 1. The van der Waals surface area contributed by atoms with E-state index in [9.17, 15) is 0 Å². The van der Waals surface area contributed by atoms with Gasteiger partial charge in [-0.1, -0.05) is 29.8 Å². The molecular formula is C17H18ClNO. The summed E-state index contributed by atoms with van der Waals surface area (Å²) in [7, 11) is 1.99. The number of hydrogen-bond acceptors (Lipinski definition) is 2. The Morgan fingerprint density at radius 3 is 2.80 bits per heavy atom. The van der Waals surface area contributed by atoms with E-state index in [0.717, 1.165) is 23.8 Å². The van der Waals surface area contributed by atoms with Crippen LogP contribution >= 0.6 is 11.6 Å². The first-order valence-electron chi connectivity index (χ1n) is 6.88. The van der Waals surface area contributed by atoms with E-state index >= 15 is 0 Å². The number of ether oxygens (including phenoxy) is 1. The van der Waals surface area contributed by atoms with Gasteiger partial charge in [-0.3, -0.25) is 0 Å². The Morgan fingerprint density at radius 1 is 1.20 bits per heavy atom. The molecule has 1 aliphatic rings. The number of nitrogens with one attached hydrogen (secondary N) is 1. The van der Waals surface area contributed by atoms with Crippen molar-refractivity contribution in [3.63, 3.8) is 0 Å². The number of aryl methyl sites for hydroxylation is 1. The first-order chi connectivity index (χ1) is 9.69. The van der Waals surface area contributed by atoms with Gasteiger partial charge in [0.25, 0.3) is 0 Å². The van der Waals surface area contributed by atoms with Gasteiger partial charge < -0.3 is 10.1 Å². The Morgan fingerprint density at radius 2 is 2.05 bits per heavy atom. The summed E-state index contributed by atoms with van der Waals surface area (Å²) in [4.78, 5) is 0. The summed E-state index contributed by atoms with van der Waals surface area (Å²) in [6.07, 6.45) is 0.999. The van der Waals surface area contributed by atoms with Crippen LogP contribution in [0.2, 0.25) is 5.02 Å². The predicted molar refractivity (Wildman–Crippen MR) is 82.7 cm³/mol. The van der Waals surface area contributed by atoms with Gasteiger partial charge in [-0.25, -0.2) is 0 Å². The van der Waals surface area contributed by atoms with E-state index in [2.05, 4.69) is 36.5 Å². The van der Waals surface area contributed by atoms with E-state index in [0.29, 0.717) is 0 Å². The third-order valence-corrected chi connectivity index (χ3v) is 4.11. The lowest BCUT2D eigenvalue weighted by Gasteiger charge is -2.20. The van der Waals surface area contributed by atoms with Crippen LogP contribution in [0.4, 0.5) is 0 Å². The van der Waals surface area contributed by atoms with Gasteiger partial charge >= 0.3 is 0 Å². The van der Waals surface area contributed by atoms with Crippen LogP contribution in [0.5, 0.6) is 5.75 Å². The molecule has 2 aromatic carbocycles. The van der Waals surface area contributed by atoms with Gasteiger partial charge in [-0.05, 0) is 54.4 Å². The monoisotopic (exact) mass is 287 g/mol. The summed E-state index contributed by atoms with van der Waals surface area (Å²) in [5.41, 5.74) is 5.03. The molecule has 1 unspecified atom stereocenters. The summed E-state index contributed by atoms with van der Waals surface area (Å²) in [6.45, 7) is 2.89. The van der Waals surface area contributed by atoms with Gasteiger partial charge in [-0.2, -0.15) is 0 Å². The van der Waals surface area contributed by atoms with Crippen molar-refractivity contribution in [2.75, 3.05) is 13.7 Å². The molecule has 1 heterocycles. The smallest absolute Gasteiger partial charge is 0.122 e. The van der Waals surface area contributed by atoms with Crippen LogP contribution in [-0.2, 0) is 6.42 Å². The molecule has 3 heteroatoms. The molecule has 0 aliphatic carbocycles. The summed E-state index contributed by atoms with van der Waals surface area (Å²) < 4.78 is 5.57. The molecule has 1 aliphatic heterocycles. The van der Waals surface area contributed by atoms with Crippen molar-refractivity contribution in [3.8, 4) is 5.75 Å². The maximum absolute atomic E-state index is 6.05. The first kappa shape index (κ1) is 13.5. The van der Waals surface area contributed by atoms with Gasteiger partial charge in [0.1, 0.15) is 5.75 Å². The minimum absolute atomic E-state index is 0.179. The van der Waals surface area contributed by atoms with Crippen molar-refractivity contribution >= 4 is 11.6 Å². The SMILES string of the molecule is CNC(c1ccc2c(c1)CCO2)c1ccc(Cl)cc1C. The van der Waals surface area contributed by atoms with Crippen LogP contribution < -0.4 is 10.1 Å². The highest BCUT2D eigenvalue weighted by Gasteiger charge is 2.18. The van der Waals surface area contributed by atoms with E-state index in [1.165, 1.54) is 22.3 Å². The number of halogens is 1. The lowest BCUT2D eigenvalue weighted by Crippen LogP contribution is -2.18. The zero-order chi connectivity index (χ0) is 14.1. The van der Waals surface area contributed by atoms with E-state index in [-0.39, 0.29) is 6.04 Å². The molecule has 104 valence electrons. The van der Waals surface area contributed by atoms with Crippen LogP contribution in [0.1, 0.15) is 28.3 Å². The second-order valence-electron chi connectivity index (χ2n) is 5.19. The van der Waals surface area contributed by atoms with Crippen LogP contribution in [0, 0.1) is 6.92 Å². The third kappa shape index (κ3) is 2.41. The van der Waals surface area contributed by atoms with E-state index in [1.54, 1.807) is 0 Å². The minimum Gasteiger partial charge on any atom is -0.493 e. The molecule has 2 nitrogen and oxygen atoms in total. The summed E-state index contributed by atoms with van der Waals surface area (Å²) in [6, 6.07) is 12.7. The molecule has 1 atom stereocenters. The molecule has 0 amide bonds. The van der Waals surface area contributed by atoms with E-state index < -0.39 is 0 Å². The highest BCUT2D eigenvalue weighted by Crippen LogP contribution is 2.32. The fraction of sp³-hybridized carbons (Fsp3) is 0.294. The summed E-state index contributed by atoms with van der Waals surface area (Å²) >= 11 is 6.05. The van der Waals surface area contributed by atoms with Gasteiger partial charge in [0.05, 0.1) is 12.6 Å². The number of benzene rings is 2. The average Bonchev–Trinajstić information content (AvgIpc) is 2.89. The van der Waals surface area contributed by atoms with Crippen molar-refractivity contribution in [1.82, 2.24) is 5.32 Å². The van der Waals surface area contributed by atoms with E-state index in [4.69, 9.17) is 16.3 Å². The van der Waals surface area contributed by atoms with Crippen molar-refractivity contribution < 1.29 is 4.74 Å². The van der Waals surface area contributed by atoms with Crippen LogP contribution in [0.15, 0.2) is 36.4 Å². The molecule has 20 heavy (non-hydrogen) atoms. The molecule has 3 rings (SSSR count). The minimum atomic E-state index is 0.179. The number of hydrogen-bond donors (Lipinski definition) is 1. The van der Waals surface area contributed by atoms with Crippen LogP contribution in [0.25, 0.3) is 0 Å². The highest BCUT2D eigenvalue weighted by molar-refractivity contribution is 6.30. The summed E-state index contributed by atoms with van der Waals surface area (Å²) in [5, 5.41) is 4.18. The molecule has 0 saturated heterocycles. The maximum Gasteiger partial charge on any atom is 0.122 e. The third-order valence-electron chi connectivity index (χ3n) is 3.88. The van der Waals surface area contributed by atoms with Crippen molar-refractivity contribution in [2.24, 2.45) is 0 Å². The molecule has 0 bridgehead atoms. The van der Waals surface area contributed by atoms with Crippen LogP contribution in [0.3, 0.4) is 0 Å². The van der Waals surface area contributed by atoms with Crippen molar-refractivity contribution in [1.29, 1.82) is 0 Å². The van der Waals surface area contributed by atoms with E-state index in [1.807, 2.05) is 19.2 Å². The topological polar surface area (TPSA) is 21.3 Å². The highest BCUT2D eigenvalue weighted by atomic mass is 35.5. The second kappa shape index (κ2) is 5.47. The Kier molecular flexibility index (Phi) is 3.68. The zero-order valence-electron chi connectivity index (χ0n) is 11.7. The Balaban J connectivity index is 2.01. The maximum atomic E-state index is 6.05. The van der Waals surface area contributed by atoms with Gasteiger partial charge in [0.15, 0.2) is 0 Å². The Labute approximate surface area is 124 Å². The summed E-state index contributed by atoms with van der Waals surface area (Å²) in [5.74, 6) is 1.02. The molecule has 2 aromatic rings. The Hall–Kier alpha value is -1.51. The fourth-order valence-electron chi connectivity index (χ4n) is 2.85. The second-order valence-corrected chi connectivity index (χ2v) is 5.62. The predicted octanol–water partition coefficient (Wildman–Crippen LogP) is 3.89. The molecule has 1 N–H and O–H groups in total. The van der Waals surface area contributed by atoms with Crippen LogP contribution in [-0.4, -0.2) is 13.7 Å². The normalized spacial score (nSPS) is 14.8. The first-order valence-corrected chi connectivity index (χ1v) is 7.26. The van der Waals surface area contributed by atoms with Gasteiger partial charge in [0, 0.05) is 11.4 Å². The van der Waals surface area contributed by atoms with Crippen molar-refractivity contribution in [2.45, 2.75) is 19.4 Å². The lowest BCUT2D eigenvalue weighted by molar-refractivity contribution is 0.357. The standard InChI is InChI=1S/C17H18ClNO/c1-11-9-14(18)4-5-15(11)17(19-2)13-3-6-16-12(10-13)7-8-20-16/h3-6,9-10,17,19H,7-8H2,1-2H3. The van der Waals surface area contributed by atoms with Crippen molar-refractivity contribution in [3.05, 3.63) is 63.7 Å². The molecule has 0 radical (unpaired) electrons. The zero-order valence-corrected chi connectivity index (χ0v) is 12.5. The molecule has 0 spiro atoms. The van der Waals surface area contributed by atoms with Gasteiger partial charge in [0.2, 0.25) is 0 Å². The largest absolute Gasteiger partial charge is 0.493 e. The lowest BCUT2D eigenvalue weighted by atomic mass is 9.93. The molecule has 0 aromatic heterocycles. The molecule has 0 fully saturated rings. The molecular weight excluding hydrogens is 270 g/mol.